The highest BCUT2D eigenvalue weighted by Gasteiger charge is 2.23. The number of carbonyl (C=O) groups excluding carboxylic acids is 1. The fourth-order valence-electron chi connectivity index (χ4n) is 1.66. The Labute approximate surface area is 130 Å². The van der Waals surface area contributed by atoms with Crippen LogP contribution in [0.4, 0.5) is 4.79 Å². The summed E-state index contributed by atoms with van der Waals surface area (Å²) in [5.74, 6) is -1.16. The van der Waals surface area contributed by atoms with Gasteiger partial charge in [0.2, 0.25) is 0 Å². The molecule has 1 atom stereocenters. The van der Waals surface area contributed by atoms with E-state index < -0.39 is 23.7 Å². The molecule has 1 aromatic carbocycles. The molecular weight excluding hydrogens is 286 g/mol. The van der Waals surface area contributed by atoms with Crippen LogP contribution in [0.15, 0.2) is 30.3 Å². The number of benzene rings is 1. The Morgan fingerprint density at radius 2 is 1.86 bits per heavy atom. The van der Waals surface area contributed by atoms with Crippen LogP contribution in [0.3, 0.4) is 0 Å². The Bertz CT molecular complexity index is 481. The fraction of sp³-hybridized carbons (Fsp3) is 0.500. The highest BCUT2D eigenvalue weighted by molar-refractivity contribution is 5.80. The van der Waals surface area contributed by atoms with Crippen molar-refractivity contribution in [2.45, 2.75) is 38.8 Å². The highest BCUT2D eigenvalue weighted by Crippen LogP contribution is 2.07. The Balaban J connectivity index is 2.35. The van der Waals surface area contributed by atoms with E-state index in [1.165, 1.54) is 0 Å². The summed E-state index contributed by atoms with van der Waals surface area (Å²) in [6, 6.07) is 8.59. The average Bonchev–Trinajstić information content (AvgIpc) is 2.41. The van der Waals surface area contributed by atoms with Gasteiger partial charge in [-0.2, -0.15) is 0 Å². The second-order valence-corrected chi connectivity index (χ2v) is 5.85. The summed E-state index contributed by atoms with van der Waals surface area (Å²) in [6.07, 6.45) is -0.0915. The third kappa shape index (κ3) is 7.64. The minimum atomic E-state index is -1.16. The summed E-state index contributed by atoms with van der Waals surface area (Å²) in [5.41, 5.74) is 0.427. The molecule has 0 spiro atoms. The maximum Gasteiger partial charge on any atom is 0.408 e. The van der Waals surface area contributed by atoms with Crippen molar-refractivity contribution >= 4 is 12.1 Å². The van der Waals surface area contributed by atoms with Crippen LogP contribution in [0, 0.1) is 0 Å². The van der Waals surface area contributed by atoms with Crippen LogP contribution in [0.1, 0.15) is 26.3 Å². The number of hydrogen-bond donors (Lipinski definition) is 2. The molecule has 0 saturated carbocycles. The normalized spacial score (nSPS) is 12.5. The van der Waals surface area contributed by atoms with Crippen molar-refractivity contribution in [2.24, 2.45) is 0 Å². The number of hydrogen-bond acceptors (Lipinski definition) is 4. The number of rotatable bonds is 7. The molecule has 0 aliphatic heterocycles. The lowest BCUT2D eigenvalue weighted by Gasteiger charge is -2.22. The van der Waals surface area contributed by atoms with Crippen LogP contribution in [0.2, 0.25) is 0 Å². The number of nitrogens with one attached hydrogen (secondary N) is 1. The van der Waals surface area contributed by atoms with E-state index in [1.807, 2.05) is 30.3 Å². The van der Waals surface area contributed by atoms with E-state index in [-0.39, 0.29) is 6.61 Å². The molecule has 1 rings (SSSR count). The van der Waals surface area contributed by atoms with Gasteiger partial charge in [-0.05, 0) is 32.8 Å². The third-order valence-corrected chi connectivity index (χ3v) is 2.65. The van der Waals surface area contributed by atoms with E-state index in [0.717, 1.165) is 5.56 Å². The van der Waals surface area contributed by atoms with Gasteiger partial charge >= 0.3 is 12.1 Å². The Kier molecular flexibility index (Phi) is 6.85. The van der Waals surface area contributed by atoms with Crippen LogP contribution in [0.5, 0.6) is 0 Å². The zero-order valence-electron chi connectivity index (χ0n) is 13.2. The average molecular weight is 309 g/mol. The maximum absolute atomic E-state index is 11.6. The summed E-state index contributed by atoms with van der Waals surface area (Å²) in [5, 5.41) is 11.4. The molecular formula is C16H23NO5. The van der Waals surface area contributed by atoms with E-state index in [1.54, 1.807) is 20.8 Å². The van der Waals surface area contributed by atoms with Gasteiger partial charge < -0.3 is 19.9 Å². The third-order valence-electron chi connectivity index (χ3n) is 2.65. The number of alkyl carbamates (subject to hydrolysis) is 1. The number of carbonyl (C=O) groups is 2. The van der Waals surface area contributed by atoms with Gasteiger partial charge in [-0.1, -0.05) is 30.3 Å². The second-order valence-electron chi connectivity index (χ2n) is 5.85. The monoisotopic (exact) mass is 309 g/mol. The predicted octanol–water partition coefficient (Wildman–Crippen LogP) is 2.22. The van der Waals surface area contributed by atoms with Gasteiger partial charge in [0.25, 0.3) is 0 Å². The summed E-state index contributed by atoms with van der Waals surface area (Å²) >= 11 is 0. The first-order valence-electron chi connectivity index (χ1n) is 7.12. The summed E-state index contributed by atoms with van der Waals surface area (Å²) in [7, 11) is 0. The van der Waals surface area contributed by atoms with Gasteiger partial charge in [-0.25, -0.2) is 9.59 Å². The quantitative estimate of drug-likeness (QED) is 0.754. The Morgan fingerprint density at radius 1 is 1.23 bits per heavy atom. The minimum absolute atomic E-state index is 0.110. The lowest BCUT2D eigenvalue weighted by atomic mass is 10.2. The van der Waals surface area contributed by atoms with Gasteiger partial charge in [-0.3, -0.25) is 0 Å². The largest absolute Gasteiger partial charge is 0.480 e. The predicted molar refractivity (Wildman–Crippen MR) is 81.8 cm³/mol. The number of aliphatic carboxylic acids is 1. The molecule has 0 aromatic heterocycles. The maximum atomic E-state index is 11.6. The lowest BCUT2D eigenvalue weighted by Crippen LogP contribution is -2.46. The molecule has 6 nitrogen and oxygen atoms in total. The molecule has 0 unspecified atom stereocenters. The fourth-order valence-corrected chi connectivity index (χ4v) is 1.66. The molecule has 122 valence electrons. The number of amides is 1. The Hall–Kier alpha value is -2.08. The molecule has 0 saturated heterocycles. The smallest absolute Gasteiger partial charge is 0.408 e. The van der Waals surface area contributed by atoms with E-state index in [9.17, 15) is 9.59 Å². The number of carboxylic acid groups (broad SMARTS) is 1. The van der Waals surface area contributed by atoms with Gasteiger partial charge in [-0.15, -0.1) is 0 Å². The van der Waals surface area contributed by atoms with Crippen LogP contribution in [-0.4, -0.2) is 42.0 Å². The van der Waals surface area contributed by atoms with Crippen LogP contribution in [0.25, 0.3) is 0 Å². The molecule has 0 aliphatic carbocycles. The molecule has 2 N–H and O–H groups in total. The molecule has 1 aromatic rings. The SMILES string of the molecule is CC(C)(C)OC(=O)N[C@H](COCCc1ccccc1)C(=O)O. The van der Waals surface area contributed by atoms with Crippen molar-refractivity contribution in [1.82, 2.24) is 5.32 Å². The molecule has 0 fully saturated rings. The van der Waals surface area contributed by atoms with Crippen LogP contribution >= 0.6 is 0 Å². The standard InChI is InChI=1S/C16H23NO5/c1-16(2,3)22-15(20)17-13(14(18)19)11-21-10-9-12-7-5-4-6-8-12/h4-8,13H,9-11H2,1-3H3,(H,17,20)(H,18,19)/t13-/m1/s1. The molecule has 22 heavy (non-hydrogen) atoms. The Morgan fingerprint density at radius 3 is 2.41 bits per heavy atom. The zero-order chi connectivity index (χ0) is 16.6. The first-order chi connectivity index (χ1) is 10.3. The van der Waals surface area contributed by atoms with Gasteiger partial charge in [0.15, 0.2) is 6.04 Å². The van der Waals surface area contributed by atoms with Crippen molar-refractivity contribution in [1.29, 1.82) is 0 Å². The van der Waals surface area contributed by atoms with Gasteiger partial charge in [0.1, 0.15) is 5.60 Å². The van der Waals surface area contributed by atoms with E-state index >= 15 is 0 Å². The van der Waals surface area contributed by atoms with E-state index in [4.69, 9.17) is 14.6 Å². The zero-order valence-corrected chi connectivity index (χ0v) is 13.2. The number of carboxylic acids is 1. The number of ether oxygens (including phenoxy) is 2. The highest BCUT2D eigenvalue weighted by atomic mass is 16.6. The summed E-state index contributed by atoms with van der Waals surface area (Å²) in [6.45, 7) is 5.39. The topological polar surface area (TPSA) is 84.9 Å². The van der Waals surface area contributed by atoms with Gasteiger partial charge in [0.05, 0.1) is 13.2 Å². The van der Waals surface area contributed by atoms with Crippen molar-refractivity contribution in [2.75, 3.05) is 13.2 Å². The molecule has 0 aliphatic rings. The van der Waals surface area contributed by atoms with Crippen LogP contribution in [-0.2, 0) is 20.7 Å². The molecule has 0 radical (unpaired) electrons. The van der Waals surface area contributed by atoms with Crippen molar-refractivity contribution in [3.05, 3.63) is 35.9 Å². The summed E-state index contributed by atoms with van der Waals surface area (Å²) < 4.78 is 10.4. The van der Waals surface area contributed by atoms with E-state index in [0.29, 0.717) is 13.0 Å². The van der Waals surface area contributed by atoms with E-state index in [2.05, 4.69) is 5.32 Å². The van der Waals surface area contributed by atoms with Crippen molar-refractivity contribution in [3.63, 3.8) is 0 Å². The summed E-state index contributed by atoms with van der Waals surface area (Å²) in [4.78, 5) is 22.7. The molecule has 0 heterocycles. The molecule has 6 heteroatoms. The van der Waals surface area contributed by atoms with Gasteiger partial charge in [0, 0.05) is 0 Å². The molecule has 1 amide bonds. The first-order valence-corrected chi connectivity index (χ1v) is 7.12. The van der Waals surface area contributed by atoms with Crippen LogP contribution < -0.4 is 5.32 Å². The second kappa shape index (κ2) is 8.38. The lowest BCUT2D eigenvalue weighted by molar-refractivity contribution is -0.141. The first kappa shape index (κ1) is 18.0. The van der Waals surface area contributed by atoms with Crippen molar-refractivity contribution in [3.8, 4) is 0 Å². The van der Waals surface area contributed by atoms with Crippen molar-refractivity contribution < 1.29 is 24.2 Å². The minimum Gasteiger partial charge on any atom is -0.480 e. The molecule has 0 bridgehead atoms.